The van der Waals surface area contributed by atoms with E-state index in [0.717, 1.165) is 24.8 Å². The van der Waals surface area contributed by atoms with Crippen LogP contribution in [0, 0.1) is 5.92 Å². The van der Waals surface area contributed by atoms with Crippen molar-refractivity contribution >= 4 is 11.9 Å². The van der Waals surface area contributed by atoms with Crippen LogP contribution in [0.2, 0.25) is 0 Å². The van der Waals surface area contributed by atoms with Crippen molar-refractivity contribution < 1.29 is 19.8 Å². The predicted octanol–water partition coefficient (Wildman–Crippen LogP) is 4.10. The van der Waals surface area contributed by atoms with E-state index in [-0.39, 0.29) is 23.4 Å². The smallest absolute Gasteiger partial charge is 0.335 e. The standard InChI is InChI=1S/C26H31NO4/c1-19(7-8-20-5-3-2-4-6-20)24(28)15-13-23-14-16-25(29)27(23)18-17-21-9-11-22(12-10-21)26(30)31/h2-6,9-13,15,19,23-24,28H,7-8,14,16-18H2,1H3,(H,30,31)/t19-,23-,24-/m0/s1. The van der Waals surface area contributed by atoms with Crippen molar-refractivity contribution in [3.8, 4) is 0 Å². The van der Waals surface area contributed by atoms with Gasteiger partial charge < -0.3 is 15.1 Å². The van der Waals surface area contributed by atoms with Crippen LogP contribution in [0.5, 0.6) is 0 Å². The predicted molar refractivity (Wildman–Crippen MR) is 121 cm³/mol. The molecule has 1 heterocycles. The second-order valence-corrected chi connectivity index (χ2v) is 8.32. The number of aliphatic hydroxyl groups is 1. The third-order valence-corrected chi connectivity index (χ3v) is 6.06. The summed E-state index contributed by atoms with van der Waals surface area (Å²) in [5.74, 6) is -0.679. The lowest BCUT2D eigenvalue weighted by Gasteiger charge is -2.23. The maximum Gasteiger partial charge on any atom is 0.335 e. The molecule has 0 radical (unpaired) electrons. The fraction of sp³-hybridized carbons (Fsp3) is 0.385. The Morgan fingerprint density at radius 1 is 1.10 bits per heavy atom. The summed E-state index contributed by atoms with van der Waals surface area (Å²) in [4.78, 5) is 25.2. The lowest BCUT2D eigenvalue weighted by molar-refractivity contribution is -0.128. The number of likely N-dealkylation sites (tertiary alicyclic amines) is 1. The average Bonchev–Trinajstić information content (AvgIpc) is 3.14. The number of rotatable bonds is 10. The van der Waals surface area contributed by atoms with Crippen LogP contribution in [0.3, 0.4) is 0 Å². The number of carbonyl (C=O) groups excluding carboxylic acids is 1. The zero-order valence-electron chi connectivity index (χ0n) is 18.0. The summed E-state index contributed by atoms with van der Waals surface area (Å²) in [5.41, 5.74) is 2.54. The van der Waals surface area contributed by atoms with Crippen LogP contribution in [0.4, 0.5) is 0 Å². The largest absolute Gasteiger partial charge is 0.478 e. The number of benzene rings is 2. The van der Waals surface area contributed by atoms with Crippen LogP contribution < -0.4 is 0 Å². The van der Waals surface area contributed by atoms with E-state index in [1.165, 1.54) is 5.56 Å². The summed E-state index contributed by atoms with van der Waals surface area (Å²) in [5, 5.41) is 19.5. The first-order valence-electron chi connectivity index (χ1n) is 11.0. The van der Waals surface area contributed by atoms with E-state index in [1.807, 2.05) is 35.3 Å². The summed E-state index contributed by atoms with van der Waals surface area (Å²) >= 11 is 0. The summed E-state index contributed by atoms with van der Waals surface area (Å²) < 4.78 is 0. The molecule has 164 valence electrons. The van der Waals surface area contributed by atoms with Gasteiger partial charge in [-0.3, -0.25) is 4.79 Å². The first kappa shape index (κ1) is 22.8. The van der Waals surface area contributed by atoms with E-state index in [0.29, 0.717) is 19.4 Å². The monoisotopic (exact) mass is 421 g/mol. The highest BCUT2D eigenvalue weighted by atomic mass is 16.4. The van der Waals surface area contributed by atoms with Crippen molar-refractivity contribution in [2.75, 3.05) is 6.54 Å². The number of hydrogen-bond donors (Lipinski definition) is 2. The molecule has 0 unspecified atom stereocenters. The van der Waals surface area contributed by atoms with E-state index in [9.17, 15) is 14.7 Å². The Morgan fingerprint density at radius 2 is 1.77 bits per heavy atom. The molecule has 3 atom stereocenters. The molecule has 0 aromatic heterocycles. The third kappa shape index (κ3) is 6.53. The van der Waals surface area contributed by atoms with Gasteiger partial charge >= 0.3 is 5.97 Å². The molecule has 0 spiro atoms. The van der Waals surface area contributed by atoms with Crippen LogP contribution in [0.15, 0.2) is 66.7 Å². The molecule has 5 nitrogen and oxygen atoms in total. The zero-order chi connectivity index (χ0) is 22.2. The van der Waals surface area contributed by atoms with E-state index < -0.39 is 12.1 Å². The Balaban J connectivity index is 1.51. The lowest BCUT2D eigenvalue weighted by Crippen LogP contribution is -2.34. The molecule has 1 amide bonds. The number of aliphatic hydroxyl groups excluding tert-OH is 1. The minimum atomic E-state index is -0.942. The fourth-order valence-corrected chi connectivity index (χ4v) is 3.95. The highest BCUT2D eigenvalue weighted by Gasteiger charge is 2.29. The van der Waals surface area contributed by atoms with E-state index in [1.54, 1.807) is 24.3 Å². The molecule has 5 heteroatoms. The van der Waals surface area contributed by atoms with Gasteiger partial charge in [0.05, 0.1) is 17.7 Å². The van der Waals surface area contributed by atoms with Gasteiger partial charge in [0.2, 0.25) is 5.91 Å². The highest BCUT2D eigenvalue weighted by molar-refractivity contribution is 5.87. The Hall–Kier alpha value is -2.92. The van der Waals surface area contributed by atoms with Crippen molar-refractivity contribution in [1.82, 2.24) is 4.90 Å². The highest BCUT2D eigenvalue weighted by Crippen LogP contribution is 2.22. The quantitative estimate of drug-likeness (QED) is 0.566. The van der Waals surface area contributed by atoms with Crippen LogP contribution in [-0.2, 0) is 17.6 Å². The molecule has 0 bridgehead atoms. The zero-order valence-corrected chi connectivity index (χ0v) is 18.0. The molecule has 1 saturated heterocycles. The SMILES string of the molecule is C[C@@H](CCc1ccccc1)[C@@H](O)C=C[C@H]1CCC(=O)N1CCc1ccc(C(=O)O)cc1. The third-order valence-electron chi connectivity index (χ3n) is 6.06. The van der Waals surface area contributed by atoms with Gasteiger partial charge in [0.25, 0.3) is 0 Å². The normalized spacial score (nSPS) is 18.5. The second kappa shape index (κ2) is 10.9. The topological polar surface area (TPSA) is 77.8 Å². The first-order chi connectivity index (χ1) is 14.9. The minimum Gasteiger partial charge on any atom is -0.478 e. The number of amides is 1. The molecule has 1 aliphatic rings. The molecule has 0 saturated carbocycles. The number of carboxylic acids is 1. The molecule has 1 aliphatic heterocycles. The molecule has 2 aromatic rings. The van der Waals surface area contributed by atoms with Gasteiger partial charge in [0.1, 0.15) is 0 Å². The first-order valence-corrected chi connectivity index (χ1v) is 11.0. The van der Waals surface area contributed by atoms with Crippen molar-refractivity contribution in [2.24, 2.45) is 5.92 Å². The molecule has 1 fully saturated rings. The van der Waals surface area contributed by atoms with Crippen molar-refractivity contribution in [3.05, 3.63) is 83.4 Å². The fourth-order valence-electron chi connectivity index (χ4n) is 3.95. The summed E-state index contributed by atoms with van der Waals surface area (Å²) in [7, 11) is 0. The number of hydrogen-bond acceptors (Lipinski definition) is 3. The molecule has 3 rings (SSSR count). The number of carboxylic acid groups (broad SMARTS) is 1. The Bertz CT molecular complexity index is 891. The van der Waals surface area contributed by atoms with Crippen molar-refractivity contribution in [1.29, 1.82) is 0 Å². The van der Waals surface area contributed by atoms with Crippen LogP contribution in [-0.4, -0.2) is 45.7 Å². The van der Waals surface area contributed by atoms with E-state index in [4.69, 9.17) is 5.11 Å². The van der Waals surface area contributed by atoms with Crippen LogP contribution in [0.25, 0.3) is 0 Å². The van der Waals surface area contributed by atoms with Crippen LogP contribution >= 0.6 is 0 Å². The van der Waals surface area contributed by atoms with Crippen molar-refractivity contribution in [2.45, 2.75) is 51.2 Å². The second-order valence-electron chi connectivity index (χ2n) is 8.32. The maximum absolute atomic E-state index is 12.3. The summed E-state index contributed by atoms with van der Waals surface area (Å²) in [6, 6.07) is 17.1. The molecular weight excluding hydrogens is 390 g/mol. The van der Waals surface area contributed by atoms with Gasteiger partial charge in [0, 0.05) is 13.0 Å². The van der Waals surface area contributed by atoms with Gasteiger partial charge in [0.15, 0.2) is 0 Å². The Morgan fingerprint density at radius 3 is 2.45 bits per heavy atom. The summed E-state index contributed by atoms with van der Waals surface area (Å²) in [6.07, 6.45) is 7.06. The molecule has 2 aromatic carbocycles. The molecule has 2 N–H and O–H groups in total. The van der Waals surface area contributed by atoms with Gasteiger partial charge in [-0.15, -0.1) is 0 Å². The molecular formula is C26H31NO4. The summed E-state index contributed by atoms with van der Waals surface area (Å²) in [6.45, 7) is 2.64. The number of carbonyl (C=O) groups is 2. The Kier molecular flexibility index (Phi) is 8.01. The van der Waals surface area contributed by atoms with E-state index in [2.05, 4.69) is 19.1 Å². The van der Waals surface area contributed by atoms with Crippen molar-refractivity contribution in [3.63, 3.8) is 0 Å². The van der Waals surface area contributed by atoms with E-state index >= 15 is 0 Å². The Labute approximate surface area is 184 Å². The average molecular weight is 422 g/mol. The number of aryl methyl sites for hydroxylation is 1. The van der Waals surface area contributed by atoms with Gasteiger partial charge in [-0.1, -0.05) is 61.5 Å². The van der Waals surface area contributed by atoms with Gasteiger partial charge in [-0.05, 0) is 54.9 Å². The van der Waals surface area contributed by atoms with Gasteiger partial charge in [-0.2, -0.15) is 0 Å². The van der Waals surface area contributed by atoms with Crippen LogP contribution in [0.1, 0.15) is 47.7 Å². The minimum absolute atomic E-state index is 0.00164. The molecule has 0 aliphatic carbocycles. The van der Waals surface area contributed by atoms with Gasteiger partial charge in [-0.25, -0.2) is 4.79 Å². The lowest BCUT2D eigenvalue weighted by atomic mass is 9.95. The number of aromatic carboxylic acids is 1. The maximum atomic E-state index is 12.3. The molecule has 31 heavy (non-hydrogen) atoms. The number of nitrogens with zero attached hydrogens (tertiary/aromatic N) is 1.